The van der Waals surface area contributed by atoms with E-state index in [-0.39, 0.29) is 51.0 Å². The van der Waals surface area contributed by atoms with Gasteiger partial charge in [0.1, 0.15) is 33.9 Å². The largest absolute Gasteiger partial charge is 2.00 e. The average Bonchev–Trinajstić information content (AvgIpc) is 3.40. The van der Waals surface area contributed by atoms with Crippen LogP contribution in [-0.2, 0) is 21.8 Å². The van der Waals surface area contributed by atoms with E-state index < -0.39 is 17.9 Å². The molecule has 40 heavy (non-hydrogen) atoms. The van der Waals surface area contributed by atoms with Gasteiger partial charge < -0.3 is 14.2 Å². The maximum Gasteiger partial charge on any atom is 2.00 e. The molecule has 1 unspecified atom stereocenters. The van der Waals surface area contributed by atoms with Gasteiger partial charge in [0.05, 0.1) is 0 Å². The fourth-order valence-corrected chi connectivity index (χ4v) is 4.54. The molecule has 6 rings (SSSR count). The molecule has 0 spiro atoms. The Hall–Kier alpha value is -4.30. The molecule has 8 nitrogen and oxygen atoms in total. The zero-order valence-electron chi connectivity index (χ0n) is 21.6. The zero-order chi connectivity index (χ0) is 27.2. The Morgan fingerprint density at radius 3 is 1.65 bits per heavy atom. The van der Waals surface area contributed by atoms with Crippen molar-refractivity contribution in [3.8, 4) is 17.2 Å². The Balaban J connectivity index is 0.000000238. The van der Waals surface area contributed by atoms with E-state index in [0.717, 1.165) is 0 Å². The number of fused-ring (bicyclic) bond motifs is 3. The van der Waals surface area contributed by atoms with Crippen molar-refractivity contribution in [3.63, 3.8) is 0 Å². The summed E-state index contributed by atoms with van der Waals surface area (Å²) in [5.41, 5.74) is 1.55. The molecule has 1 atom stereocenters. The van der Waals surface area contributed by atoms with Gasteiger partial charge in [-0.05, 0) is 74.5 Å². The van der Waals surface area contributed by atoms with Crippen molar-refractivity contribution in [1.29, 1.82) is 0 Å². The normalized spacial score (nSPS) is 16.5. The van der Waals surface area contributed by atoms with E-state index in [1.165, 1.54) is 49.2 Å². The summed E-state index contributed by atoms with van der Waals surface area (Å²) in [4.78, 5) is 44.1. The molecule has 4 aromatic rings. The molecule has 2 aliphatic rings. The van der Waals surface area contributed by atoms with Gasteiger partial charge in [-0.15, -0.1) is 0 Å². The van der Waals surface area contributed by atoms with Crippen molar-refractivity contribution in [2.24, 2.45) is 0 Å². The van der Waals surface area contributed by atoms with E-state index in [0.29, 0.717) is 6.04 Å². The minimum absolute atomic E-state index is 0. The van der Waals surface area contributed by atoms with Crippen molar-refractivity contribution >= 4 is 17.9 Å². The van der Waals surface area contributed by atoms with Crippen molar-refractivity contribution in [2.45, 2.75) is 18.9 Å². The molecule has 0 N–H and O–H groups in total. The number of carbonyl (C=O) groups is 3. The van der Waals surface area contributed by atoms with Crippen LogP contribution >= 0.6 is 0 Å². The quantitative estimate of drug-likeness (QED) is 0.119. The van der Waals surface area contributed by atoms with Crippen LogP contribution in [0.1, 0.15) is 55.5 Å². The second kappa shape index (κ2) is 13.2. The number of esters is 3. The van der Waals surface area contributed by atoms with Crippen LogP contribution in [0.4, 0.5) is 0 Å². The molecule has 0 aliphatic carbocycles. The van der Waals surface area contributed by atoms with E-state index in [2.05, 4.69) is 23.0 Å². The van der Waals surface area contributed by atoms with Gasteiger partial charge in [-0.3, -0.25) is 9.88 Å². The smallest absolute Gasteiger partial charge is 0.456 e. The van der Waals surface area contributed by atoms with Gasteiger partial charge >= 0.3 is 35.0 Å². The van der Waals surface area contributed by atoms with Gasteiger partial charge in [-0.1, -0.05) is 42.5 Å². The second-order valence-corrected chi connectivity index (χ2v) is 9.08. The summed E-state index contributed by atoms with van der Waals surface area (Å²) in [5.74, 6) is -2.13. The van der Waals surface area contributed by atoms with Crippen LogP contribution in [0.2, 0.25) is 0 Å². The Labute approximate surface area is 242 Å². The summed E-state index contributed by atoms with van der Waals surface area (Å²) in [6.45, 7) is 1.22. The maximum absolute atomic E-state index is 12.6. The van der Waals surface area contributed by atoms with Gasteiger partial charge in [-0.25, -0.2) is 14.4 Å². The van der Waals surface area contributed by atoms with E-state index in [9.17, 15) is 14.4 Å². The Morgan fingerprint density at radius 2 is 1.18 bits per heavy atom. The number of rotatable bonds is 1. The van der Waals surface area contributed by atoms with Crippen LogP contribution in [0.5, 0.6) is 17.2 Å². The van der Waals surface area contributed by atoms with E-state index in [1.807, 2.05) is 18.5 Å². The van der Waals surface area contributed by atoms with Crippen molar-refractivity contribution < 1.29 is 45.7 Å². The first-order chi connectivity index (χ1) is 19.0. The average molecular weight is 586 g/mol. The molecular weight excluding hydrogens is 560 g/mol. The molecule has 2 aliphatic heterocycles. The van der Waals surface area contributed by atoms with Gasteiger partial charge in [0, 0.05) is 18.4 Å². The standard InChI is InChI=1S/C21H12O6.C10H14N2.Cu/c22-19-13-7-1-4-10-16(13)25-17-11-5-2-8-14(17)20(23)27-21(24)15-9-3-6-12-18(15)26-19;1-12-7-3-5-10(12)9-4-2-6-11-8-9;/h1-12H;2,4,6,8,10H,3,5,7H2,1H3;/q;;+2. The van der Waals surface area contributed by atoms with Gasteiger partial charge in [-0.2, -0.15) is 0 Å². The van der Waals surface area contributed by atoms with E-state index in [1.54, 1.807) is 48.5 Å². The van der Waals surface area contributed by atoms with Crippen LogP contribution in [0, 0.1) is 0 Å². The molecule has 9 heteroatoms. The third-order valence-electron chi connectivity index (χ3n) is 6.52. The van der Waals surface area contributed by atoms with Gasteiger partial charge in [0.25, 0.3) is 0 Å². The number of nitrogens with zero attached hydrogens (tertiary/aromatic N) is 2. The fraction of sp³-hybridized carbons (Fsp3) is 0.161. The van der Waals surface area contributed by atoms with Crippen molar-refractivity contribution in [2.75, 3.05) is 13.6 Å². The molecule has 1 aromatic heterocycles. The Bertz CT molecular complexity index is 1510. The number of pyridine rings is 1. The summed E-state index contributed by atoms with van der Waals surface area (Å²) in [7, 11) is 2.19. The number of aromatic nitrogens is 1. The molecule has 3 aromatic carbocycles. The number of carbonyl (C=O) groups excluding carboxylic acids is 3. The van der Waals surface area contributed by atoms with E-state index >= 15 is 0 Å². The molecule has 0 bridgehead atoms. The first-order valence-corrected chi connectivity index (χ1v) is 12.5. The third-order valence-corrected chi connectivity index (χ3v) is 6.52. The van der Waals surface area contributed by atoms with Crippen LogP contribution in [-0.4, -0.2) is 41.4 Å². The molecule has 0 amide bonds. The summed E-state index contributed by atoms with van der Waals surface area (Å²) in [5, 5.41) is 0. The molecule has 0 saturated carbocycles. The predicted octanol–water partition coefficient (Wildman–Crippen LogP) is 5.85. The third kappa shape index (κ3) is 6.46. The molecule has 3 heterocycles. The van der Waals surface area contributed by atoms with Crippen LogP contribution in [0.3, 0.4) is 0 Å². The molecule has 1 fully saturated rings. The van der Waals surface area contributed by atoms with Crippen molar-refractivity contribution in [1.82, 2.24) is 9.88 Å². The zero-order valence-corrected chi connectivity index (χ0v) is 22.5. The molecule has 1 saturated heterocycles. The molecule has 205 valence electrons. The van der Waals surface area contributed by atoms with Gasteiger partial charge in [0.15, 0.2) is 0 Å². The maximum atomic E-state index is 12.6. The summed E-state index contributed by atoms with van der Waals surface area (Å²) < 4.78 is 16.1. The van der Waals surface area contributed by atoms with E-state index in [4.69, 9.17) is 14.2 Å². The first-order valence-electron chi connectivity index (χ1n) is 12.5. The number of para-hydroxylation sites is 3. The predicted molar refractivity (Wildman–Crippen MR) is 143 cm³/mol. The van der Waals surface area contributed by atoms with Crippen LogP contribution in [0.25, 0.3) is 0 Å². The van der Waals surface area contributed by atoms with Crippen LogP contribution < -0.4 is 9.47 Å². The molecular formula is C31H26CuN2O6+2. The van der Waals surface area contributed by atoms with Crippen molar-refractivity contribution in [3.05, 3.63) is 120 Å². The minimum atomic E-state index is -0.924. The Morgan fingerprint density at radius 1 is 0.675 bits per heavy atom. The fourth-order valence-electron chi connectivity index (χ4n) is 4.54. The van der Waals surface area contributed by atoms with Gasteiger partial charge in [0.2, 0.25) is 0 Å². The summed E-state index contributed by atoms with van der Waals surface area (Å²) >= 11 is 0. The first kappa shape index (κ1) is 28.7. The summed E-state index contributed by atoms with van der Waals surface area (Å²) in [6, 6.07) is 23.6. The topological polar surface area (TPSA) is 95.0 Å². The SMILES string of the molecule is CN1CCCC1c1cccnc1.O=C1OC(=O)c2ccccc2Oc2ccccc2C(=O)Oc2ccccc21.[Cu+2]. The van der Waals surface area contributed by atoms with Crippen LogP contribution in [0.15, 0.2) is 97.3 Å². The minimum Gasteiger partial charge on any atom is -0.456 e. The monoisotopic (exact) mass is 585 g/mol. The second-order valence-electron chi connectivity index (χ2n) is 9.08. The number of hydrogen-bond acceptors (Lipinski definition) is 8. The number of cyclic esters (lactones) is 2. The summed E-state index contributed by atoms with van der Waals surface area (Å²) in [6.07, 6.45) is 6.41. The number of likely N-dealkylation sites (tertiary alicyclic amines) is 1. The Kier molecular flexibility index (Phi) is 9.45. The number of ether oxygens (including phenoxy) is 3. The molecule has 1 radical (unpaired) electrons. The number of hydrogen-bond donors (Lipinski definition) is 0. The number of benzene rings is 3.